The van der Waals surface area contributed by atoms with Crippen LogP contribution in [0.3, 0.4) is 0 Å². The van der Waals surface area contributed by atoms with Gasteiger partial charge in [0.05, 0.1) is 0 Å². The third-order valence-electron chi connectivity index (χ3n) is 1.08. The minimum Gasteiger partial charge on any atom is -0.190 e. The summed E-state index contributed by atoms with van der Waals surface area (Å²) in [5, 5.41) is 1.64. The number of halogens is 1. The van der Waals surface area contributed by atoms with Gasteiger partial charge >= 0.3 is 0 Å². The smallest absolute Gasteiger partial charge is 0.190 e. The van der Waals surface area contributed by atoms with E-state index in [1.54, 1.807) is 12.1 Å². The summed E-state index contributed by atoms with van der Waals surface area (Å²) in [6, 6.07) is 0. The third kappa shape index (κ3) is 4.90. The van der Waals surface area contributed by atoms with E-state index >= 15 is 0 Å². The van der Waals surface area contributed by atoms with Crippen molar-refractivity contribution in [1.82, 2.24) is 5.01 Å². The van der Waals surface area contributed by atoms with Gasteiger partial charge in [-0.1, -0.05) is 6.92 Å². The van der Waals surface area contributed by atoms with E-state index in [0.717, 1.165) is 6.42 Å². The van der Waals surface area contributed by atoms with Crippen LogP contribution < -0.4 is 0 Å². The van der Waals surface area contributed by atoms with Gasteiger partial charge in [-0.15, -0.1) is 16.1 Å². The van der Waals surface area contributed by atoms with Crippen molar-refractivity contribution >= 4 is 23.1 Å². The molecule has 0 aromatic heterocycles. The SMILES string of the molecule is CCC(Cl)CN(C)N=S=O. The van der Waals surface area contributed by atoms with Gasteiger partial charge in [-0.2, -0.15) is 9.22 Å². The number of alkyl halides is 1. The van der Waals surface area contributed by atoms with Crippen molar-refractivity contribution in [3.8, 4) is 0 Å². The zero-order valence-corrected chi connectivity index (χ0v) is 7.65. The van der Waals surface area contributed by atoms with E-state index in [1.165, 1.54) is 0 Å². The molecule has 0 radical (unpaired) electrons. The second-order valence-corrected chi connectivity index (χ2v) is 2.93. The van der Waals surface area contributed by atoms with Crippen LogP contribution in [0.15, 0.2) is 4.47 Å². The van der Waals surface area contributed by atoms with Crippen molar-refractivity contribution < 1.29 is 4.21 Å². The van der Waals surface area contributed by atoms with E-state index in [9.17, 15) is 4.21 Å². The molecule has 60 valence electrons. The maximum Gasteiger partial charge on any atom is 0.217 e. The molecular formula is C5H11ClN2OS. The Morgan fingerprint density at radius 3 is 2.80 bits per heavy atom. The molecule has 0 rings (SSSR count). The Balaban J connectivity index is 3.56. The van der Waals surface area contributed by atoms with Gasteiger partial charge in [-0.3, -0.25) is 0 Å². The molecule has 1 unspecified atom stereocenters. The Morgan fingerprint density at radius 2 is 2.40 bits per heavy atom. The largest absolute Gasteiger partial charge is 0.217 e. The highest BCUT2D eigenvalue weighted by molar-refractivity contribution is 7.54. The average Bonchev–Trinajstić information content (AvgIpc) is 1.88. The minimum absolute atomic E-state index is 0.0842. The molecule has 0 aromatic carbocycles. The topological polar surface area (TPSA) is 32.7 Å². The zero-order chi connectivity index (χ0) is 7.98. The van der Waals surface area contributed by atoms with E-state index in [-0.39, 0.29) is 16.8 Å². The molecule has 5 heteroatoms. The summed E-state index contributed by atoms with van der Waals surface area (Å²) in [5.41, 5.74) is 0. The maximum absolute atomic E-state index is 9.88. The van der Waals surface area contributed by atoms with Gasteiger partial charge in [-0.05, 0) is 6.42 Å². The van der Waals surface area contributed by atoms with Crippen LogP contribution in [0.1, 0.15) is 13.3 Å². The van der Waals surface area contributed by atoms with Crippen molar-refractivity contribution in [3.63, 3.8) is 0 Å². The first-order chi connectivity index (χ1) is 4.70. The number of rotatable bonds is 4. The van der Waals surface area contributed by atoms with Crippen molar-refractivity contribution in [1.29, 1.82) is 0 Å². The third-order valence-corrected chi connectivity index (χ3v) is 1.87. The molecule has 0 saturated carbocycles. The summed E-state index contributed by atoms with van der Waals surface area (Å²) in [4.78, 5) is 0. The van der Waals surface area contributed by atoms with Crippen LogP contribution in [0, 0.1) is 0 Å². The Kier molecular flexibility index (Phi) is 5.87. The van der Waals surface area contributed by atoms with Crippen molar-refractivity contribution in [2.75, 3.05) is 13.6 Å². The molecule has 0 aliphatic carbocycles. The van der Waals surface area contributed by atoms with Gasteiger partial charge in [0.15, 0.2) is 0 Å². The quantitative estimate of drug-likeness (QED) is 0.484. The monoisotopic (exact) mass is 182 g/mol. The van der Waals surface area contributed by atoms with Gasteiger partial charge in [0.2, 0.25) is 11.5 Å². The molecular weight excluding hydrogens is 172 g/mol. The van der Waals surface area contributed by atoms with Crippen LogP contribution in [-0.4, -0.2) is 28.2 Å². The molecule has 10 heavy (non-hydrogen) atoms. The van der Waals surface area contributed by atoms with E-state index in [0.29, 0.717) is 6.54 Å². The average molecular weight is 183 g/mol. The van der Waals surface area contributed by atoms with E-state index in [1.807, 2.05) is 6.92 Å². The number of hydrogen-bond acceptors (Lipinski definition) is 2. The summed E-state index contributed by atoms with van der Waals surface area (Å²) < 4.78 is 13.4. The summed E-state index contributed by atoms with van der Waals surface area (Å²) in [5.74, 6) is 0. The summed E-state index contributed by atoms with van der Waals surface area (Å²) in [6.07, 6.45) is 0.894. The fourth-order valence-corrected chi connectivity index (χ4v) is 0.886. The molecule has 0 N–H and O–H groups in total. The summed E-state index contributed by atoms with van der Waals surface area (Å²) in [6.45, 7) is 2.63. The van der Waals surface area contributed by atoms with E-state index in [4.69, 9.17) is 11.6 Å². The van der Waals surface area contributed by atoms with Crippen LogP contribution in [0.5, 0.6) is 0 Å². The second-order valence-electron chi connectivity index (χ2n) is 2.00. The second kappa shape index (κ2) is 5.82. The lowest BCUT2D eigenvalue weighted by Gasteiger charge is -2.10. The highest BCUT2D eigenvalue weighted by Gasteiger charge is 2.03. The molecule has 0 fully saturated rings. The highest BCUT2D eigenvalue weighted by atomic mass is 35.5. The standard InChI is InChI=1S/C5H11ClN2OS/c1-3-5(6)4-8(2)7-10-9/h5H,3-4H2,1-2H3. The fourth-order valence-electron chi connectivity index (χ4n) is 0.506. The first-order valence-electron chi connectivity index (χ1n) is 3.05. The van der Waals surface area contributed by atoms with Crippen LogP contribution in [-0.2, 0) is 11.5 Å². The number of nitrogens with zero attached hydrogens (tertiary/aromatic N) is 2. The van der Waals surface area contributed by atoms with Gasteiger partial charge in [-0.25, -0.2) is 0 Å². The Hall–Kier alpha value is 0.0700. The van der Waals surface area contributed by atoms with Crippen LogP contribution in [0.2, 0.25) is 0 Å². The van der Waals surface area contributed by atoms with Gasteiger partial charge in [0, 0.05) is 19.0 Å². The first kappa shape index (κ1) is 10.1. The Bertz CT molecular complexity index is 138. The van der Waals surface area contributed by atoms with Crippen molar-refractivity contribution in [2.24, 2.45) is 4.47 Å². The molecule has 0 bridgehead atoms. The molecule has 0 saturated heterocycles. The number of hydrogen-bond donors (Lipinski definition) is 0. The molecule has 1 atom stereocenters. The fraction of sp³-hybridized carbons (Fsp3) is 1.00. The molecule has 0 aromatic rings. The maximum atomic E-state index is 9.88. The minimum atomic E-state index is 0.0842. The predicted molar refractivity (Wildman–Crippen MR) is 43.1 cm³/mol. The lowest BCUT2D eigenvalue weighted by atomic mass is 10.3. The summed E-state index contributed by atoms with van der Waals surface area (Å²) >= 11 is 5.99. The van der Waals surface area contributed by atoms with Crippen LogP contribution in [0.25, 0.3) is 0 Å². The molecule has 0 heterocycles. The van der Waals surface area contributed by atoms with Gasteiger partial charge < -0.3 is 0 Å². The first-order valence-corrected chi connectivity index (χ1v) is 4.19. The summed E-state index contributed by atoms with van der Waals surface area (Å²) in [7, 11) is 1.73. The normalized spacial score (nSPS) is 13.2. The molecule has 0 spiro atoms. The van der Waals surface area contributed by atoms with Gasteiger partial charge in [0.25, 0.3) is 0 Å². The van der Waals surface area contributed by atoms with Crippen molar-refractivity contribution in [3.05, 3.63) is 0 Å². The van der Waals surface area contributed by atoms with Crippen molar-refractivity contribution in [2.45, 2.75) is 18.7 Å². The molecule has 0 aliphatic heterocycles. The van der Waals surface area contributed by atoms with Crippen LogP contribution in [0.4, 0.5) is 0 Å². The zero-order valence-electron chi connectivity index (χ0n) is 6.08. The molecule has 0 amide bonds. The molecule has 3 nitrogen and oxygen atoms in total. The molecule has 0 aliphatic rings. The van der Waals surface area contributed by atoms with E-state index in [2.05, 4.69) is 4.47 Å². The predicted octanol–water partition coefficient (Wildman–Crippen LogP) is 1.25. The van der Waals surface area contributed by atoms with Gasteiger partial charge in [0.1, 0.15) is 0 Å². The highest BCUT2D eigenvalue weighted by Crippen LogP contribution is 2.02. The Morgan fingerprint density at radius 1 is 1.80 bits per heavy atom. The lowest BCUT2D eigenvalue weighted by Crippen LogP contribution is -2.20. The van der Waals surface area contributed by atoms with Crippen LogP contribution >= 0.6 is 11.6 Å². The lowest BCUT2D eigenvalue weighted by molar-refractivity contribution is 0.356. The Labute approximate surface area is 69.6 Å². The van der Waals surface area contributed by atoms with E-state index < -0.39 is 0 Å².